The predicted molar refractivity (Wildman–Crippen MR) is 52.3 cm³/mol. The molecule has 0 saturated carbocycles. The van der Waals surface area contributed by atoms with Crippen molar-refractivity contribution in [2.75, 3.05) is 0 Å². The lowest BCUT2D eigenvalue weighted by molar-refractivity contribution is 0.611. The normalized spacial score (nSPS) is 10.1. The molecule has 0 unspecified atom stereocenters. The van der Waals surface area contributed by atoms with Crippen molar-refractivity contribution in [2.24, 2.45) is 0 Å². The van der Waals surface area contributed by atoms with E-state index < -0.39 is 0 Å². The Bertz CT molecular complexity index is 412. The van der Waals surface area contributed by atoms with E-state index in [0.29, 0.717) is 12.0 Å². The molecule has 0 N–H and O–H groups in total. The van der Waals surface area contributed by atoms with Crippen molar-refractivity contribution in [1.29, 1.82) is 0 Å². The molecule has 1 aromatic carbocycles. The van der Waals surface area contributed by atoms with Gasteiger partial charge in [0, 0.05) is 24.9 Å². The van der Waals surface area contributed by atoms with Gasteiger partial charge in [-0.05, 0) is 17.2 Å². The van der Waals surface area contributed by atoms with Crippen LogP contribution in [0.3, 0.4) is 0 Å². The van der Waals surface area contributed by atoms with Gasteiger partial charge in [0.05, 0.1) is 0 Å². The van der Waals surface area contributed by atoms with E-state index in [2.05, 4.69) is 11.1 Å². The second kappa shape index (κ2) is 4.01. The van der Waals surface area contributed by atoms with Crippen LogP contribution in [0.1, 0.15) is 11.1 Å². The minimum absolute atomic E-state index is 0.281. The second-order valence-electron chi connectivity index (χ2n) is 3.05. The molecule has 1 nitrogen and oxygen atoms in total. The number of nitrogens with zero attached hydrogens (tertiary/aromatic N) is 1. The molecule has 0 atom stereocenters. The first-order valence-corrected chi connectivity index (χ1v) is 4.40. The standard InChI is InChI=1S/C12H9FN/c13-12-6-2-1-5-11(12)8-10-4-3-7-14-9-10/h1-5,7,9H,8H2. The Balaban J connectivity index is 2.24. The summed E-state index contributed by atoms with van der Waals surface area (Å²) in [6.07, 6.45) is 4.01. The first-order chi connectivity index (χ1) is 6.86. The summed E-state index contributed by atoms with van der Waals surface area (Å²) in [4.78, 5) is 3.98. The molecule has 14 heavy (non-hydrogen) atoms. The van der Waals surface area contributed by atoms with E-state index in [1.807, 2.05) is 12.1 Å². The van der Waals surface area contributed by atoms with Crippen molar-refractivity contribution in [3.63, 3.8) is 0 Å². The van der Waals surface area contributed by atoms with Crippen LogP contribution in [0.4, 0.5) is 4.39 Å². The van der Waals surface area contributed by atoms with Gasteiger partial charge in [0.1, 0.15) is 5.82 Å². The topological polar surface area (TPSA) is 12.9 Å². The summed E-state index contributed by atoms with van der Waals surface area (Å²) in [5.41, 5.74) is 1.66. The van der Waals surface area contributed by atoms with Gasteiger partial charge in [-0.25, -0.2) is 4.39 Å². The van der Waals surface area contributed by atoms with E-state index in [1.165, 1.54) is 0 Å². The third-order valence-corrected chi connectivity index (χ3v) is 2.00. The minimum atomic E-state index is -0.281. The van der Waals surface area contributed by atoms with Gasteiger partial charge in [-0.1, -0.05) is 24.3 Å². The maximum Gasteiger partial charge on any atom is 0.134 e. The van der Waals surface area contributed by atoms with E-state index in [1.54, 1.807) is 30.6 Å². The lowest BCUT2D eigenvalue weighted by atomic mass is 10.1. The Morgan fingerprint density at radius 3 is 2.93 bits per heavy atom. The molecule has 2 rings (SSSR count). The summed E-state index contributed by atoms with van der Waals surface area (Å²) >= 11 is 0. The Labute approximate surface area is 82.2 Å². The van der Waals surface area contributed by atoms with E-state index >= 15 is 0 Å². The van der Waals surface area contributed by atoms with Gasteiger partial charge in [-0.15, -0.1) is 0 Å². The van der Waals surface area contributed by atoms with Crippen LogP contribution in [0.15, 0.2) is 42.7 Å². The molecule has 0 aliphatic heterocycles. The largest absolute Gasteiger partial charge is 0.264 e. The number of hydrogen-bond donors (Lipinski definition) is 0. The van der Waals surface area contributed by atoms with Crippen LogP contribution < -0.4 is 0 Å². The maximum absolute atomic E-state index is 13.2. The summed E-state index contributed by atoms with van der Waals surface area (Å²) < 4.78 is 13.2. The number of hydrogen-bond acceptors (Lipinski definition) is 1. The third-order valence-electron chi connectivity index (χ3n) is 2.00. The number of rotatable bonds is 2. The molecule has 0 aliphatic rings. The van der Waals surface area contributed by atoms with E-state index in [0.717, 1.165) is 5.56 Å². The zero-order valence-corrected chi connectivity index (χ0v) is 7.57. The molecule has 1 heterocycles. The first kappa shape index (κ1) is 8.88. The molecule has 1 aromatic heterocycles. The number of aromatic nitrogens is 1. The Morgan fingerprint density at radius 1 is 1.29 bits per heavy atom. The zero-order valence-electron chi connectivity index (χ0n) is 7.57. The van der Waals surface area contributed by atoms with Gasteiger partial charge >= 0.3 is 0 Å². The quantitative estimate of drug-likeness (QED) is 0.702. The molecule has 2 heteroatoms. The number of pyridine rings is 1. The number of halogens is 1. The fraction of sp³-hybridized carbons (Fsp3) is 0.0833. The molecular weight excluding hydrogens is 177 g/mol. The molecule has 0 fully saturated rings. The van der Waals surface area contributed by atoms with Crippen molar-refractivity contribution >= 4 is 0 Å². The van der Waals surface area contributed by atoms with E-state index in [9.17, 15) is 4.39 Å². The molecule has 69 valence electrons. The fourth-order valence-electron chi connectivity index (χ4n) is 1.31. The fourth-order valence-corrected chi connectivity index (χ4v) is 1.31. The Kier molecular flexibility index (Phi) is 2.54. The predicted octanol–water partition coefficient (Wildman–Crippen LogP) is 2.61. The SMILES string of the molecule is Fc1[c]cccc1Cc1cccnc1. The molecule has 0 bridgehead atoms. The zero-order chi connectivity index (χ0) is 9.80. The van der Waals surface area contributed by atoms with Gasteiger partial charge in [0.15, 0.2) is 0 Å². The lowest BCUT2D eigenvalue weighted by Gasteiger charge is -2.01. The average Bonchev–Trinajstić information content (AvgIpc) is 2.23. The minimum Gasteiger partial charge on any atom is -0.264 e. The molecule has 0 saturated heterocycles. The highest BCUT2D eigenvalue weighted by Crippen LogP contribution is 2.11. The van der Waals surface area contributed by atoms with Gasteiger partial charge in [-0.2, -0.15) is 0 Å². The van der Waals surface area contributed by atoms with Crippen molar-refractivity contribution in [3.05, 3.63) is 65.7 Å². The maximum atomic E-state index is 13.2. The number of benzene rings is 1. The van der Waals surface area contributed by atoms with Crippen LogP contribution in [0.25, 0.3) is 0 Å². The molecule has 0 amide bonds. The molecular formula is C12H9FN. The van der Waals surface area contributed by atoms with Crippen LogP contribution in [0.5, 0.6) is 0 Å². The molecule has 1 radical (unpaired) electrons. The Hall–Kier alpha value is -1.70. The first-order valence-electron chi connectivity index (χ1n) is 4.40. The molecule has 2 aromatic rings. The third kappa shape index (κ3) is 1.96. The van der Waals surface area contributed by atoms with Crippen LogP contribution in [-0.4, -0.2) is 4.98 Å². The molecule has 0 spiro atoms. The van der Waals surface area contributed by atoms with Crippen LogP contribution in [-0.2, 0) is 6.42 Å². The van der Waals surface area contributed by atoms with Crippen molar-refractivity contribution < 1.29 is 4.39 Å². The average molecular weight is 186 g/mol. The van der Waals surface area contributed by atoms with Gasteiger partial charge in [0.25, 0.3) is 0 Å². The highest BCUT2D eigenvalue weighted by Gasteiger charge is 2.01. The highest BCUT2D eigenvalue weighted by molar-refractivity contribution is 5.24. The Morgan fingerprint density at radius 2 is 2.21 bits per heavy atom. The van der Waals surface area contributed by atoms with Gasteiger partial charge < -0.3 is 0 Å². The second-order valence-corrected chi connectivity index (χ2v) is 3.05. The smallest absolute Gasteiger partial charge is 0.134 e. The summed E-state index contributed by atoms with van der Waals surface area (Å²) in [6.45, 7) is 0. The summed E-state index contributed by atoms with van der Waals surface area (Å²) in [6, 6.07) is 11.4. The van der Waals surface area contributed by atoms with Crippen molar-refractivity contribution in [1.82, 2.24) is 4.98 Å². The molecule has 0 aliphatic carbocycles. The van der Waals surface area contributed by atoms with Crippen LogP contribution >= 0.6 is 0 Å². The van der Waals surface area contributed by atoms with Crippen molar-refractivity contribution in [2.45, 2.75) is 6.42 Å². The van der Waals surface area contributed by atoms with E-state index in [4.69, 9.17) is 0 Å². The summed E-state index contributed by atoms with van der Waals surface area (Å²) in [5.74, 6) is -0.281. The summed E-state index contributed by atoms with van der Waals surface area (Å²) in [7, 11) is 0. The highest BCUT2D eigenvalue weighted by atomic mass is 19.1. The lowest BCUT2D eigenvalue weighted by Crippen LogP contribution is -1.92. The van der Waals surface area contributed by atoms with Gasteiger partial charge in [-0.3, -0.25) is 4.98 Å². The van der Waals surface area contributed by atoms with E-state index in [-0.39, 0.29) is 5.82 Å². The summed E-state index contributed by atoms with van der Waals surface area (Å²) in [5, 5.41) is 0. The van der Waals surface area contributed by atoms with Crippen molar-refractivity contribution in [3.8, 4) is 0 Å². The monoisotopic (exact) mass is 186 g/mol. The van der Waals surface area contributed by atoms with Crippen LogP contribution in [0, 0.1) is 11.9 Å². The van der Waals surface area contributed by atoms with Crippen LogP contribution in [0.2, 0.25) is 0 Å². The van der Waals surface area contributed by atoms with Gasteiger partial charge in [0.2, 0.25) is 0 Å².